The van der Waals surface area contributed by atoms with Crippen LogP contribution in [0, 0.1) is 0 Å². The first kappa shape index (κ1) is 20.4. The molecule has 2 N–H and O–H groups in total. The van der Waals surface area contributed by atoms with Crippen molar-refractivity contribution in [1.82, 2.24) is 0 Å². The predicted octanol–water partition coefficient (Wildman–Crippen LogP) is 0.751. The Morgan fingerprint density at radius 2 is 1.60 bits per heavy atom. The molecule has 1 atom stereocenters. The number of carbonyl (C=O) groups excluding carboxylic acids is 2. The first-order chi connectivity index (χ1) is 9.26. The van der Waals surface area contributed by atoms with E-state index in [0.717, 1.165) is 0 Å². The summed E-state index contributed by atoms with van der Waals surface area (Å²) in [6.07, 6.45) is 0.513. The molecular formula is C14H22O6. The second-order valence-corrected chi connectivity index (χ2v) is 3.88. The molecule has 20 heavy (non-hydrogen) atoms. The molecule has 1 unspecified atom stereocenters. The van der Waals surface area contributed by atoms with E-state index in [1.54, 1.807) is 6.92 Å². The molecule has 0 saturated heterocycles. The lowest BCUT2D eigenvalue weighted by Gasteiger charge is -2.07. The highest BCUT2D eigenvalue weighted by molar-refractivity contribution is 5.87. The highest BCUT2D eigenvalue weighted by Crippen LogP contribution is 1.93. The van der Waals surface area contributed by atoms with Crippen LogP contribution in [0.1, 0.15) is 13.8 Å². The summed E-state index contributed by atoms with van der Waals surface area (Å²) in [5.41, 5.74) is 0.687. The van der Waals surface area contributed by atoms with E-state index in [0.29, 0.717) is 5.57 Å². The Morgan fingerprint density at radius 1 is 1.15 bits per heavy atom. The van der Waals surface area contributed by atoms with Crippen molar-refractivity contribution >= 4 is 11.9 Å². The fourth-order valence-corrected chi connectivity index (χ4v) is 0.606. The fraction of sp³-hybridized carbons (Fsp3) is 0.429. The largest absolute Gasteiger partial charge is 0.460 e. The summed E-state index contributed by atoms with van der Waals surface area (Å²) in [5.74, 6) is -0.924. The molecule has 6 nitrogen and oxygen atoms in total. The number of hydrogen-bond donors (Lipinski definition) is 2. The molecule has 6 heteroatoms. The number of rotatable bonds is 7. The van der Waals surface area contributed by atoms with Gasteiger partial charge in [-0.05, 0) is 13.8 Å². The van der Waals surface area contributed by atoms with Crippen LogP contribution in [-0.2, 0) is 19.1 Å². The summed E-state index contributed by atoms with van der Waals surface area (Å²) in [7, 11) is 0. The molecule has 0 aromatic heterocycles. The molecular weight excluding hydrogens is 264 g/mol. The summed E-state index contributed by atoms with van der Waals surface area (Å²) in [6.45, 7) is 12.9. The molecule has 0 spiro atoms. The van der Waals surface area contributed by atoms with Crippen LogP contribution in [-0.4, -0.2) is 48.1 Å². The van der Waals surface area contributed by atoms with Gasteiger partial charge in [-0.25, -0.2) is 9.59 Å². The zero-order valence-electron chi connectivity index (χ0n) is 11.9. The van der Waals surface area contributed by atoms with Crippen LogP contribution in [0.5, 0.6) is 0 Å². The van der Waals surface area contributed by atoms with Crippen molar-refractivity contribution in [3.8, 4) is 0 Å². The zero-order valence-corrected chi connectivity index (χ0v) is 11.9. The first-order valence-electron chi connectivity index (χ1n) is 5.81. The van der Waals surface area contributed by atoms with Gasteiger partial charge in [0.15, 0.2) is 0 Å². The third kappa shape index (κ3) is 12.5. The lowest BCUT2D eigenvalue weighted by Crippen LogP contribution is -2.22. The summed E-state index contributed by atoms with van der Waals surface area (Å²) >= 11 is 0. The van der Waals surface area contributed by atoms with Crippen LogP contribution >= 0.6 is 0 Å². The van der Waals surface area contributed by atoms with Crippen molar-refractivity contribution < 1.29 is 29.3 Å². The van der Waals surface area contributed by atoms with Crippen LogP contribution in [0.4, 0.5) is 0 Å². The van der Waals surface area contributed by atoms with Crippen molar-refractivity contribution in [2.75, 3.05) is 19.8 Å². The number of esters is 2. The van der Waals surface area contributed by atoms with Crippen molar-refractivity contribution in [2.24, 2.45) is 0 Å². The van der Waals surface area contributed by atoms with Crippen molar-refractivity contribution in [3.63, 3.8) is 0 Å². The number of aliphatic hydroxyl groups excluding tert-OH is 2. The fourth-order valence-electron chi connectivity index (χ4n) is 0.606. The predicted molar refractivity (Wildman–Crippen MR) is 74.8 cm³/mol. The molecule has 0 rings (SSSR count). The smallest absolute Gasteiger partial charge is 0.333 e. The van der Waals surface area contributed by atoms with Crippen LogP contribution in [0.3, 0.4) is 0 Å². The van der Waals surface area contributed by atoms with Gasteiger partial charge in [0.05, 0.1) is 6.61 Å². The maximum Gasteiger partial charge on any atom is 0.333 e. The van der Waals surface area contributed by atoms with Gasteiger partial charge >= 0.3 is 11.9 Å². The Kier molecular flexibility index (Phi) is 12.4. The molecule has 0 aliphatic heterocycles. The Morgan fingerprint density at radius 3 is 1.95 bits per heavy atom. The standard InChI is InChI=1S/C7H12O4.C7H10O2/c1-5(2)7(10)11-4-6(9)3-8;1-4-5-9-7(8)6(2)3/h6,8-9H,1,3-4H2,2H3;4H,1-2,5H2,3H3. The van der Waals surface area contributed by atoms with Crippen LogP contribution < -0.4 is 0 Å². The van der Waals surface area contributed by atoms with E-state index in [1.165, 1.54) is 13.0 Å². The average Bonchev–Trinajstić information content (AvgIpc) is 2.41. The molecule has 114 valence electrons. The van der Waals surface area contributed by atoms with Gasteiger partial charge in [0.25, 0.3) is 0 Å². The Bertz CT molecular complexity index is 359. The zero-order chi connectivity index (χ0) is 16.1. The number of ether oxygens (including phenoxy) is 2. The number of carbonyl (C=O) groups is 2. The molecule has 0 amide bonds. The van der Waals surface area contributed by atoms with Gasteiger partial charge in [0, 0.05) is 11.1 Å². The SMILES string of the molecule is C=C(C)C(=O)OCC(O)CO.C=CCOC(=O)C(=C)C. The number of hydrogen-bond acceptors (Lipinski definition) is 6. The van der Waals surface area contributed by atoms with E-state index in [9.17, 15) is 9.59 Å². The summed E-state index contributed by atoms with van der Waals surface area (Å²) in [6, 6.07) is 0. The van der Waals surface area contributed by atoms with Gasteiger partial charge in [0.1, 0.15) is 19.3 Å². The third-order valence-corrected chi connectivity index (χ3v) is 1.65. The molecule has 0 aliphatic carbocycles. The maximum atomic E-state index is 10.6. The van der Waals surface area contributed by atoms with Gasteiger partial charge in [-0.3, -0.25) is 0 Å². The second-order valence-electron chi connectivity index (χ2n) is 3.88. The molecule has 0 saturated carbocycles. The minimum atomic E-state index is -1.00. The van der Waals surface area contributed by atoms with E-state index >= 15 is 0 Å². The molecule has 0 bridgehead atoms. The lowest BCUT2D eigenvalue weighted by molar-refractivity contribution is -0.142. The van der Waals surface area contributed by atoms with E-state index < -0.39 is 18.7 Å². The normalized spacial score (nSPS) is 10.4. The Labute approximate surface area is 119 Å². The summed E-state index contributed by atoms with van der Waals surface area (Å²) in [4.78, 5) is 21.2. The van der Waals surface area contributed by atoms with E-state index in [1.807, 2.05) is 0 Å². The Balaban J connectivity index is 0. The molecule has 0 radical (unpaired) electrons. The highest BCUT2D eigenvalue weighted by atomic mass is 16.5. The minimum Gasteiger partial charge on any atom is -0.460 e. The maximum absolute atomic E-state index is 10.6. The number of aliphatic hydroxyl groups is 2. The summed E-state index contributed by atoms with van der Waals surface area (Å²) in [5, 5.41) is 17.1. The van der Waals surface area contributed by atoms with Crippen LogP contribution in [0.15, 0.2) is 37.0 Å². The van der Waals surface area contributed by atoms with Gasteiger partial charge in [-0.2, -0.15) is 0 Å². The van der Waals surface area contributed by atoms with Crippen molar-refractivity contribution in [2.45, 2.75) is 20.0 Å². The monoisotopic (exact) mass is 286 g/mol. The van der Waals surface area contributed by atoms with Crippen LogP contribution in [0.2, 0.25) is 0 Å². The molecule has 0 fully saturated rings. The lowest BCUT2D eigenvalue weighted by atomic mass is 10.3. The second kappa shape index (κ2) is 12.1. The van der Waals surface area contributed by atoms with Gasteiger partial charge < -0.3 is 19.7 Å². The molecule has 0 aromatic carbocycles. The summed E-state index contributed by atoms with van der Waals surface area (Å²) < 4.78 is 9.10. The quantitative estimate of drug-likeness (QED) is 0.407. The van der Waals surface area contributed by atoms with E-state index in [-0.39, 0.29) is 24.8 Å². The van der Waals surface area contributed by atoms with Gasteiger partial charge in [-0.15, -0.1) is 0 Å². The molecule has 0 aromatic rings. The third-order valence-electron chi connectivity index (χ3n) is 1.65. The van der Waals surface area contributed by atoms with Crippen molar-refractivity contribution in [3.05, 3.63) is 37.0 Å². The van der Waals surface area contributed by atoms with E-state index in [4.69, 9.17) is 10.2 Å². The highest BCUT2D eigenvalue weighted by Gasteiger charge is 2.07. The van der Waals surface area contributed by atoms with Gasteiger partial charge in [0.2, 0.25) is 0 Å². The minimum absolute atomic E-state index is 0.192. The van der Waals surface area contributed by atoms with Gasteiger partial charge in [-0.1, -0.05) is 25.8 Å². The first-order valence-corrected chi connectivity index (χ1v) is 5.81. The molecule has 0 aliphatic rings. The topological polar surface area (TPSA) is 93.1 Å². The average molecular weight is 286 g/mol. The van der Waals surface area contributed by atoms with E-state index in [2.05, 4.69) is 29.2 Å². The van der Waals surface area contributed by atoms with Crippen LogP contribution in [0.25, 0.3) is 0 Å². The van der Waals surface area contributed by atoms with Crippen molar-refractivity contribution in [1.29, 1.82) is 0 Å². The Hall–Kier alpha value is -1.92. The molecule has 0 heterocycles.